The molecule has 13 nitrogen and oxygen atoms in total. The molecule has 0 aromatic carbocycles. The number of nitrogens with one attached hydrogen (secondary N) is 3. The van der Waals surface area contributed by atoms with Crippen molar-refractivity contribution in [3.05, 3.63) is 0 Å². The van der Waals surface area contributed by atoms with Gasteiger partial charge in [0, 0.05) is 6.42 Å². The van der Waals surface area contributed by atoms with Crippen molar-refractivity contribution in [2.75, 3.05) is 13.2 Å². The number of aliphatic hydroxyl groups excluding tert-OH is 2. The maximum atomic E-state index is 12.6. The van der Waals surface area contributed by atoms with E-state index in [2.05, 4.69) is 16.0 Å². The third-order valence-electron chi connectivity index (χ3n) is 4.44. The summed E-state index contributed by atoms with van der Waals surface area (Å²) in [5.74, 6) is -5.19. The molecule has 4 amide bonds. The molecular weight excluding hydrogens is 402 g/mol. The summed E-state index contributed by atoms with van der Waals surface area (Å²) in [5.41, 5.74) is 10.4. The number of rotatable bonds is 14. The monoisotopic (exact) mass is 433 g/mol. The lowest BCUT2D eigenvalue weighted by Crippen LogP contribution is -2.58. The molecule has 0 bridgehead atoms. The molecular formula is C17H31N5O8. The van der Waals surface area contributed by atoms with Crippen molar-refractivity contribution in [2.45, 2.75) is 57.3 Å². The van der Waals surface area contributed by atoms with E-state index in [9.17, 15) is 34.2 Å². The molecule has 0 aliphatic heterocycles. The molecule has 0 spiro atoms. The first kappa shape index (κ1) is 27.2. The van der Waals surface area contributed by atoms with Crippen LogP contribution in [0.2, 0.25) is 0 Å². The molecule has 0 aromatic heterocycles. The van der Waals surface area contributed by atoms with Gasteiger partial charge in [-0.3, -0.25) is 19.2 Å². The fourth-order valence-electron chi connectivity index (χ4n) is 2.32. The second kappa shape index (κ2) is 13.5. The van der Waals surface area contributed by atoms with Gasteiger partial charge in [0.1, 0.15) is 24.2 Å². The minimum absolute atomic E-state index is 0.234. The lowest BCUT2D eigenvalue weighted by Gasteiger charge is -2.25. The van der Waals surface area contributed by atoms with Crippen LogP contribution in [0.3, 0.4) is 0 Å². The van der Waals surface area contributed by atoms with Crippen LogP contribution >= 0.6 is 0 Å². The second-order valence-corrected chi connectivity index (χ2v) is 6.81. The average Bonchev–Trinajstić information content (AvgIpc) is 2.70. The van der Waals surface area contributed by atoms with Gasteiger partial charge in [-0.15, -0.1) is 0 Å². The van der Waals surface area contributed by atoms with Crippen LogP contribution in [-0.2, 0) is 24.0 Å². The molecule has 0 aromatic rings. The number of aliphatic hydroxyl groups is 2. The van der Waals surface area contributed by atoms with Crippen molar-refractivity contribution in [1.29, 1.82) is 0 Å². The van der Waals surface area contributed by atoms with E-state index in [1.165, 1.54) is 0 Å². The molecule has 0 aliphatic carbocycles. The summed E-state index contributed by atoms with van der Waals surface area (Å²) in [7, 11) is 0. The Balaban J connectivity index is 5.37. The molecule has 5 unspecified atom stereocenters. The highest BCUT2D eigenvalue weighted by Gasteiger charge is 2.31. The highest BCUT2D eigenvalue weighted by Crippen LogP contribution is 2.09. The highest BCUT2D eigenvalue weighted by molar-refractivity contribution is 5.94. The number of carbonyl (C=O) groups is 5. The van der Waals surface area contributed by atoms with Crippen molar-refractivity contribution in [1.82, 2.24) is 16.0 Å². The van der Waals surface area contributed by atoms with Crippen LogP contribution < -0.4 is 27.4 Å². The zero-order valence-corrected chi connectivity index (χ0v) is 17.0. The van der Waals surface area contributed by atoms with Crippen molar-refractivity contribution < 1.29 is 39.3 Å². The van der Waals surface area contributed by atoms with E-state index < -0.39 is 72.9 Å². The predicted molar refractivity (Wildman–Crippen MR) is 103 cm³/mol. The summed E-state index contributed by atoms with van der Waals surface area (Å²) >= 11 is 0. The quantitative estimate of drug-likeness (QED) is 0.134. The number of carboxylic acid groups (broad SMARTS) is 1. The molecule has 0 radical (unpaired) electrons. The second-order valence-electron chi connectivity index (χ2n) is 6.81. The standard InChI is InChI=1S/C17H31N5O8/c1-3-8(2)13(17(29)30)22-15(27)10(4-5-12(19)25)20-16(28)11(7-24)21-14(26)9(18)6-23/h8-11,13,23-24H,3-7,18H2,1-2H3,(H2,19,25)(H,20,28)(H,21,26)(H,22,27)(H,29,30). The number of aliphatic carboxylic acids is 1. The van der Waals surface area contributed by atoms with E-state index in [0.29, 0.717) is 6.42 Å². The first-order chi connectivity index (χ1) is 14.0. The Morgan fingerprint density at radius 2 is 1.43 bits per heavy atom. The van der Waals surface area contributed by atoms with Gasteiger partial charge in [0.2, 0.25) is 23.6 Å². The van der Waals surface area contributed by atoms with E-state index >= 15 is 0 Å². The Bertz CT molecular complexity index is 629. The van der Waals surface area contributed by atoms with Gasteiger partial charge in [0.25, 0.3) is 0 Å². The Labute approximate surface area is 173 Å². The molecule has 0 saturated heterocycles. The molecule has 0 saturated carbocycles. The lowest BCUT2D eigenvalue weighted by molar-refractivity contribution is -0.144. The number of carbonyl (C=O) groups excluding carboxylic acids is 4. The van der Waals surface area contributed by atoms with Crippen LogP contribution in [-0.4, -0.2) is 82.3 Å². The number of primary amides is 1. The highest BCUT2D eigenvalue weighted by atomic mass is 16.4. The SMILES string of the molecule is CCC(C)C(NC(=O)C(CCC(N)=O)NC(=O)C(CO)NC(=O)C(N)CO)C(=O)O. The number of amides is 4. The Morgan fingerprint density at radius 1 is 0.900 bits per heavy atom. The van der Waals surface area contributed by atoms with Gasteiger partial charge in [0.05, 0.1) is 13.2 Å². The van der Waals surface area contributed by atoms with Crippen LogP contribution in [0, 0.1) is 5.92 Å². The van der Waals surface area contributed by atoms with Gasteiger partial charge < -0.3 is 42.7 Å². The molecule has 30 heavy (non-hydrogen) atoms. The van der Waals surface area contributed by atoms with Crippen molar-refractivity contribution in [3.8, 4) is 0 Å². The van der Waals surface area contributed by atoms with Gasteiger partial charge in [-0.05, 0) is 12.3 Å². The number of hydrogen-bond donors (Lipinski definition) is 8. The van der Waals surface area contributed by atoms with Crippen molar-refractivity contribution >= 4 is 29.6 Å². The molecule has 10 N–H and O–H groups in total. The van der Waals surface area contributed by atoms with E-state index in [0.717, 1.165) is 0 Å². The lowest BCUT2D eigenvalue weighted by atomic mass is 9.98. The summed E-state index contributed by atoms with van der Waals surface area (Å²) in [5, 5.41) is 34.2. The van der Waals surface area contributed by atoms with Crippen LogP contribution in [0.15, 0.2) is 0 Å². The summed E-state index contributed by atoms with van der Waals surface area (Å²) in [6.07, 6.45) is -0.0632. The Morgan fingerprint density at radius 3 is 1.87 bits per heavy atom. The Kier molecular flexibility index (Phi) is 12.2. The normalized spacial score (nSPS) is 15.8. The largest absolute Gasteiger partial charge is 0.480 e. The third-order valence-corrected chi connectivity index (χ3v) is 4.44. The molecule has 5 atom stereocenters. The van der Waals surface area contributed by atoms with Crippen molar-refractivity contribution in [3.63, 3.8) is 0 Å². The van der Waals surface area contributed by atoms with Gasteiger partial charge in [-0.1, -0.05) is 20.3 Å². The third kappa shape index (κ3) is 9.15. The topological polar surface area (TPSA) is 234 Å². The average molecular weight is 433 g/mol. The fourth-order valence-corrected chi connectivity index (χ4v) is 2.32. The predicted octanol–water partition coefficient (Wildman–Crippen LogP) is -3.85. The molecule has 0 rings (SSSR count). The summed E-state index contributed by atoms with van der Waals surface area (Å²) in [6.45, 7) is 1.83. The number of carboxylic acids is 1. The van der Waals surface area contributed by atoms with Crippen LogP contribution in [0.4, 0.5) is 0 Å². The van der Waals surface area contributed by atoms with E-state index in [4.69, 9.17) is 16.6 Å². The molecule has 0 heterocycles. The van der Waals surface area contributed by atoms with Gasteiger partial charge >= 0.3 is 5.97 Å². The first-order valence-corrected chi connectivity index (χ1v) is 9.37. The molecule has 13 heteroatoms. The van der Waals surface area contributed by atoms with Gasteiger partial charge in [0.15, 0.2) is 0 Å². The number of nitrogens with two attached hydrogens (primary N) is 2. The maximum absolute atomic E-state index is 12.6. The van der Waals surface area contributed by atoms with Crippen LogP contribution in [0.5, 0.6) is 0 Å². The van der Waals surface area contributed by atoms with Crippen LogP contribution in [0.1, 0.15) is 33.1 Å². The molecule has 172 valence electrons. The first-order valence-electron chi connectivity index (χ1n) is 9.37. The summed E-state index contributed by atoms with van der Waals surface area (Å²) in [6, 6.07) is -5.41. The van der Waals surface area contributed by atoms with Crippen LogP contribution in [0.25, 0.3) is 0 Å². The minimum atomic E-state index is -1.50. The van der Waals surface area contributed by atoms with Gasteiger partial charge in [-0.25, -0.2) is 4.79 Å². The minimum Gasteiger partial charge on any atom is -0.480 e. The molecule has 0 fully saturated rings. The van der Waals surface area contributed by atoms with E-state index in [-0.39, 0.29) is 12.8 Å². The summed E-state index contributed by atoms with van der Waals surface area (Å²) < 4.78 is 0. The van der Waals surface area contributed by atoms with E-state index in [1.807, 2.05) is 0 Å². The summed E-state index contributed by atoms with van der Waals surface area (Å²) in [4.78, 5) is 59.2. The fraction of sp³-hybridized carbons (Fsp3) is 0.706. The molecule has 0 aliphatic rings. The maximum Gasteiger partial charge on any atom is 0.326 e. The Hall–Kier alpha value is -2.77. The zero-order valence-electron chi connectivity index (χ0n) is 17.0. The number of hydrogen-bond acceptors (Lipinski definition) is 8. The van der Waals surface area contributed by atoms with Crippen molar-refractivity contribution in [2.24, 2.45) is 17.4 Å². The zero-order chi connectivity index (χ0) is 23.4. The smallest absolute Gasteiger partial charge is 0.326 e. The van der Waals surface area contributed by atoms with E-state index in [1.54, 1.807) is 13.8 Å². The van der Waals surface area contributed by atoms with Gasteiger partial charge in [-0.2, -0.15) is 0 Å².